The van der Waals surface area contributed by atoms with Gasteiger partial charge in [0.1, 0.15) is 5.76 Å². The van der Waals surface area contributed by atoms with Gasteiger partial charge in [-0.05, 0) is 11.6 Å². The van der Waals surface area contributed by atoms with Gasteiger partial charge in [-0.25, -0.2) is 0 Å². The minimum Gasteiger partial charge on any atom is -0.427 e. The molecule has 0 saturated heterocycles. The fourth-order valence-electron chi connectivity index (χ4n) is 2.18. The lowest BCUT2D eigenvalue weighted by molar-refractivity contribution is -0.131. The lowest BCUT2D eigenvalue weighted by Gasteiger charge is -2.25. The molecule has 2 aromatic rings. The van der Waals surface area contributed by atoms with Gasteiger partial charge in [0.15, 0.2) is 0 Å². The number of nitrogen functional groups attached to an aromatic ring is 1. The Kier molecular flexibility index (Phi) is 2.55. The summed E-state index contributed by atoms with van der Waals surface area (Å²) in [5.74, 6) is 0.802. The van der Waals surface area contributed by atoms with Gasteiger partial charge in [-0.3, -0.25) is 4.79 Å². The van der Waals surface area contributed by atoms with Crippen LogP contribution in [0.3, 0.4) is 0 Å². The van der Waals surface area contributed by atoms with E-state index in [1.54, 1.807) is 4.90 Å². The van der Waals surface area contributed by atoms with Gasteiger partial charge < -0.3 is 20.0 Å². The summed E-state index contributed by atoms with van der Waals surface area (Å²) >= 11 is 0. The summed E-state index contributed by atoms with van der Waals surface area (Å²) in [5, 5.41) is 0. The number of hydrogen-bond donors (Lipinski definition) is 2. The number of carbonyl (C=O) groups excluding carboxylic acids is 1. The second-order valence-corrected chi connectivity index (χ2v) is 4.38. The molecular weight excluding hydrogens is 232 g/mol. The van der Waals surface area contributed by atoms with Crippen LogP contribution < -0.4 is 5.73 Å². The Morgan fingerprint density at radius 1 is 1.61 bits per heavy atom. The van der Waals surface area contributed by atoms with Crippen LogP contribution in [0.1, 0.15) is 17.0 Å². The third-order valence-electron chi connectivity index (χ3n) is 3.12. The molecule has 0 unspecified atom stereocenters. The predicted molar refractivity (Wildman–Crippen MR) is 64.5 cm³/mol. The summed E-state index contributed by atoms with van der Waals surface area (Å²) in [6, 6.07) is 2.08. The molecule has 2 aromatic heterocycles. The fraction of sp³-hybridized carbons (Fsp3) is 0.333. The molecule has 0 aromatic carbocycles. The number of nitrogens with zero attached hydrogens (tertiary/aromatic N) is 2. The van der Waals surface area contributed by atoms with Crippen molar-refractivity contribution in [3.8, 4) is 0 Å². The van der Waals surface area contributed by atoms with E-state index < -0.39 is 0 Å². The van der Waals surface area contributed by atoms with Gasteiger partial charge in [-0.1, -0.05) is 0 Å². The van der Waals surface area contributed by atoms with Gasteiger partial charge in [-0.2, -0.15) is 4.98 Å². The maximum atomic E-state index is 12.1. The highest BCUT2D eigenvalue weighted by molar-refractivity contribution is 5.78. The van der Waals surface area contributed by atoms with Gasteiger partial charge in [0.25, 0.3) is 6.01 Å². The average molecular weight is 246 g/mol. The normalized spacial score (nSPS) is 14.6. The average Bonchev–Trinajstić information content (AvgIpc) is 2.95. The van der Waals surface area contributed by atoms with Gasteiger partial charge in [0.05, 0.1) is 18.7 Å². The Morgan fingerprint density at radius 2 is 2.50 bits per heavy atom. The number of anilines is 1. The van der Waals surface area contributed by atoms with E-state index in [4.69, 9.17) is 10.2 Å². The standard InChI is InChI=1S/C12H14N4O2/c13-12-15-9-2-4-16(7-10(9)18-12)11(17)5-8-1-3-14-6-8/h1,3,6,14H,2,4-5,7H2,(H2,13,15). The van der Waals surface area contributed by atoms with E-state index >= 15 is 0 Å². The van der Waals surface area contributed by atoms with Crippen LogP contribution in [0.4, 0.5) is 6.01 Å². The molecule has 94 valence electrons. The van der Waals surface area contributed by atoms with Crippen molar-refractivity contribution in [3.05, 3.63) is 35.5 Å². The van der Waals surface area contributed by atoms with Crippen molar-refractivity contribution in [1.82, 2.24) is 14.9 Å². The number of H-pyrrole nitrogens is 1. The Balaban J connectivity index is 1.70. The Morgan fingerprint density at radius 3 is 3.28 bits per heavy atom. The Hall–Kier alpha value is -2.24. The largest absolute Gasteiger partial charge is 0.427 e. The monoisotopic (exact) mass is 246 g/mol. The number of nitrogens with one attached hydrogen (secondary N) is 1. The summed E-state index contributed by atoms with van der Waals surface area (Å²) in [7, 11) is 0. The zero-order chi connectivity index (χ0) is 12.5. The maximum Gasteiger partial charge on any atom is 0.292 e. The number of oxazole rings is 1. The molecule has 3 heterocycles. The molecule has 0 atom stereocenters. The van der Waals surface area contributed by atoms with Crippen LogP contribution in [0.5, 0.6) is 0 Å². The van der Waals surface area contributed by atoms with Crippen molar-refractivity contribution in [3.63, 3.8) is 0 Å². The van der Waals surface area contributed by atoms with Gasteiger partial charge in [0, 0.05) is 25.4 Å². The van der Waals surface area contributed by atoms with Crippen molar-refractivity contribution in [1.29, 1.82) is 0 Å². The van der Waals surface area contributed by atoms with E-state index in [9.17, 15) is 4.79 Å². The number of nitrogens with two attached hydrogens (primary N) is 1. The number of carbonyl (C=O) groups is 1. The molecule has 0 radical (unpaired) electrons. The third kappa shape index (κ3) is 1.97. The number of rotatable bonds is 2. The van der Waals surface area contributed by atoms with Gasteiger partial charge in [0.2, 0.25) is 5.91 Å². The molecule has 0 fully saturated rings. The molecule has 6 heteroatoms. The van der Waals surface area contributed by atoms with Crippen LogP contribution >= 0.6 is 0 Å². The molecule has 1 aliphatic rings. The van der Waals surface area contributed by atoms with E-state index in [1.807, 2.05) is 18.5 Å². The van der Waals surface area contributed by atoms with Gasteiger partial charge >= 0.3 is 0 Å². The summed E-state index contributed by atoms with van der Waals surface area (Å²) in [5.41, 5.74) is 7.37. The lowest BCUT2D eigenvalue weighted by Crippen LogP contribution is -2.36. The first-order chi connectivity index (χ1) is 8.72. The number of aromatic amines is 1. The molecule has 3 rings (SSSR count). The minimum atomic E-state index is 0.0928. The SMILES string of the molecule is Nc1nc2c(o1)CN(C(=O)Cc1cc[nH]c1)CC2. The summed E-state index contributed by atoms with van der Waals surface area (Å²) < 4.78 is 5.29. The lowest BCUT2D eigenvalue weighted by atomic mass is 10.1. The fourth-order valence-corrected chi connectivity index (χ4v) is 2.18. The number of aromatic nitrogens is 2. The predicted octanol–water partition coefficient (Wildman–Crippen LogP) is 0.712. The second-order valence-electron chi connectivity index (χ2n) is 4.38. The Bertz CT molecular complexity index is 559. The topological polar surface area (TPSA) is 88.2 Å². The van der Waals surface area contributed by atoms with Crippen molar-refractivity contribution >= 4 is 11.9 Å². The van der Waals surface area contributed by atoms with Crippen molar-refractivity contribution in [2.24, 2.45) is 0 Å². The summed E-state index contributed by atoms with van der Waals surface area (Å²) in [4.78, 5) is 20.9. The van der Waals surface area contributed by atoms with Crippen molar-refractivity contribution in [2.75, 3.05) is 12.3 Å². The quantitative estimate of drug-likeness (QED) is 0.817. The molecule has 1 amide bonds. The highest BCUT2D eigenvalue weighted by Gasteiger charge is 2.24. The smallest absolute Gasteiger partial charge is 0.292 e. The first kappa shape index (κ1) is 10.9. The molecule has 1 aliphatic heterocycles. The van der Waals surface area contributed by atoms with E-state index in [1.165, 1.54) is 0 Å². The molecule has 18 heavy (non-hydrogen) atoms. The van der Waals surface area contributed by atoms with E-state index in [-0.39, 0.29) is 11.9 Å². The molecular formula is C12H14N4O2. The van der Waals surface area contributed by atoms with Crippen LogP contribution in [-0.4, -0.2) is 27.3 Å². The minimum absolute atomic E-state index is 0.0928. The van der Waals surface area contributed by atoms with Crippen molar-refractivity contribution < 1.29 is 9.21 Å². The molecule has 0 aliphatic carbocycles. The van der Waals surface area contributed by atoms with Crippen LogP contribution in [0.2, 0.25) is 0 Å². The Labute approximate surface area is 104 Å². The summed E-state index contributed by atoms with van der Waals surface area (Å²) in [6.45, 7) is 1.13. The van der Waals surface area contributed by atoms with Crippen LogP contribution in [0, 0.1) is 0 Å². The first-order valence-electron chi connectivity index (χ1n) is 5.86. The van der Waals surface area contributed by atoms with Crippen molar-refractivity contribution in [2.45, 2.75) is 19.4 Å². The molecule has 6 nitrogen and oxygen atoms in total. The molecule has 0 saturated carbocycles. The van der Waals surface area contributed by atoms with E-state index in [2.05, 4.69) is 9.97 Å². The summed E-state index contributed by atoms with van der Waals surface area (Å²) in [6.07, 6.45) is 4.76. The van der Waals surface area contributed by atoms with Crippen LogP contribution in [0.25, 0.3) is 0 Å². The number of amides is 1. The number of fused-ring (bicyclic) bond motifs is 1. The van der Waals surface area contributed by atoms with Crippen LogP contribution in [0.15, 0.2) is 22.9 Å². The second kappa shape index (κ2) is 4.21. The third-order valence-corrected chi connectivity index (χ3v) is 3.12. The number of hydrogen-bond acceptors (Lipinski definition) is 4. The van der Waals surface area contributed by atoms with Gasteiger partial charge in [-0.15, -0.1) is 0 Å². The molecule has 0 spiro atoms. The zero-order valence-electron chi connectivity index (χ0n) is 9.85. The molecule has 0 bridgehead atoms. The van der Waals surface area contributed by atoms with E-state index in [0.717, 1.165) is 11.3 Å². The van der Waals surface area contributed by atoms with Crippen LogP contribution in [-0.2, 0) is 24.2 Å². The highest BCUT2D eigenvalue weighted by Crippen LogP contribution is 2.21. The first-order valence-corrected chi connectivity index (χ1v) is 5.86. The highest BCUT2D eigenvalue weighted by atomic mass is 16.4. The van der Waals surface area contributed by atoms with E-state index in [0.29, 0.717) is 31.7 Å². The zero-order valence-corrected chi connectivity index (χ0v) is 9.85. The molecule has 3 N–H and O–H groups in total. The maximum absolute atomic E-state index is 12.1.